The first-order chi connectivity index (χ1) is 18.3. The summed E-state index contributed by atoms with van der Waals surface area (Å²) in [5.74, 6) is 0.388. The summed E-state index contributed by atoms with van der Waals surface area (Å²) in [5.41, 5.74) is 3.99. The van der Waals surface area contributed by atoms with Gasteiger partial charge in [-0.3, -0.25) is 10.1 Å². The summed E-state index contributed by atoms with van der Waals surface area (Å²) < 4.78 is 45.5. The molecule has 0 aliphatic heterocycles. The maximum absolute atomic E-state index is 13.0. The van der Waals surface area contributed by atoms with Gasteiger partial charge in [-0.2, -0.15) is 18.4 Å². The predicted octanol–water partition coefficient (Wildman–Crippen LogP) is 7.31. The van der Waals surface area contributed by atoms with E-state index in [2.05, 4.69) is 46.7 Å². The third-order valence-corrected chi connectivity index (χ3v) is 6.20. The molecule has 0 saturated heterocycles. The van der Waals surface area contributed by atoms with E-state index in [9.17, 15) is 18.0 Å². The molecule has 0 radical (unpaired) electrons. The van der Waals surface area contributed by atoms with E-state index >= 15 is 0 Å². The summed E-state index contributed by atoms with van der Waals surface area (Å²) in [7, 11) is 0. The van der Waals surface area contributed by atoms with Crippen molar-refractivity contribution in [3.63, 3.8) is 0 Å². The molecule has 0 aliphatic carbocycles. The van der Waals surface area contributed by atoms with Crippen LogP contribution < -0.4 is 10.1 Å². The Hall–Kier alpha value is -4.21. The number of halogens is 3. The molecule has 204 valence electrons. The third kappa shape index (κ3) is 7.01. The summed E-state index contributed by atoms with van der Waals surface area (Å²) in [6.07, 6.45) is -3.96. The molecule has 10 heteroatoms. The molecule has 0 bridgehead atoms. The van der Waals surface area contributed by atoms with E-state index < -0.39 is 11.7 Å². The van der Waals surface area contributed by atoms with Gasteiger partial charge in [-0.15, -0.1) is 5.10 Å². The van der Waals surface area contributed by atoms with Crippen LogP contribution in [0.2, 0.25) is 0 Å². The van der Waals surface area contributed by atoms with Gasteiger partial charge in [0.25, 0.3) is 11.9 Å². The van der Waals surface area contributed by atoms with Gasteiger partial charge in [0.2, 0.25) is 0 Å². The summed E-state index contributed by atoms with van der Waals surface area (Å²) in [6, 6.07) is 16.2. The number of anilines is 1. The van der Waals surface area contributed by atoms with E-state index in [4.69, 9.17) is 4.74 Å². The van der Waals surface area contributed by atoms with Crippen LogP contribution in [0.4, 0.5) is 19.1 Å². The van der Waals surface area contributed by atoms with Crippen molar-refractivity contribution in [2.24, 2.45) is 5.41 Å². The van der Waals surface area contributed by atoms with Gasteiger partial charge in [-0.25, -0.2) is 0 Å². The average Bonchev–Trinajstić information content (AvgIpc) is 3.35. The maximum Gasteiger partial charge on any atom is 0.416 e. The Morgan fingerprint density at radius 2 is 1.59 bits per heavy atom. The number of aromatic amines is 1. The Kier molecular flexibility index (Phi) is 7.76. The molecule has 2 N–H and O–H groups in total. The Bertz CT molecular complexity index is 1400. The summed E-state index contributed by atoms with van der Waals surface area (Å²) >= 11 is 0. The zero-order valence-electron chi connectivity index (χ0n) is 22.3. The lowest BCUT2D eigenvalue weighted by molar-refractivity contribution is -0.137. The molecule has 4 aromatic rings. The number of aryl methyl sites for hydroxylation is 2. The number of aromatic nitrogens is 4. The molecule has 0 aliphatic rings. The Morgan fingerprint density at radius 3 is 2.10 bits per heavy atom. The number of nitrogens with one attached hydrogen (secondary N) is 2. The second-order valence-electron chi connectivity index (χ2n) is 10.7. The van der Waals surface area contributed by atoms with Gasteiger partial charge < -0.3 is 4.74 Å². The minimum atomic E-state index is -4.38. The zero-order chi connectivity index (χ0) is 28.4. The van der Waals surface area contributed by atoms with Crippen LogP contribution in [0.15, 0.2) is 60.7 Å². The van der Waals surface area contributed by atoms with Crippen molar-refractivity contribution in [2.45, 2.75) is 53.3 Å². The average molecular weight is 538 g/mol. The maximum atomic E-state index is 13.0. The highest BCUT2D eigenvalue weighted by Gasteiger charge is 2.30. The number of rotatable bonds is 7. The first-order valence-corrected chi connectivity index (χ1v) is 12.4. The third-order valence-electron chi connectivity index (χ3n) is 6.20. The highest BCUT2D eigenvalue weighted by molar-refractivity contribution is 6.03. The van der Waals surface area contributed by atoms with Crippen LogP contribution in [0.3, 0.4) is 0 Å². The molecule has 1 amide bonds. The van der Waals surface area contributed by atoms with Crippen LogP contribution in [0.1, 0.15) is 65.9 Å². The normalized spacial score (nSPS) is 12.7. The van der Waals surface area contributed by atoms with E-state index in [1.165, 1.54) is 12.1 Å². The number of hydrogen-bond acceptors (Lipinski definition) is 5. The fraction of sp³-hybridized carbons (Fsp3) is 0.310. The number of alkyl halides is 3. The number of amides is 1. The van der Waals surface area contributed by atoms with Gasteiger partial charge in [0.05, 0.1) is 5.56 Å². The lowest BCUT2D eigenvalue weighted by Crippen LogP contribution is -2.18. The van der Waals surface area contributed by atoms with Crippen molar-refractivity contribution in [3.8, 4) is 16.9 Å². The number of hydrogen-bond donors (Lipinski definition) is 2. The number of carbonyl (C=O) groups is 1. The minimum absolute atomic E-state index is 0.0520. The molecule has 39 heavy (non-hydrogen) atoms. The van der Waals surface area contributed by atoms with Crippen LogP contribution >= 0.6 is 0 Å². The topological polar surface area (TPSA) is 92.8 Å². The van der Waals surface area contributed by atoms with Crippen molar-refractivity contribution in [2.75, 3.05) is 5.32 Å². The number of benzene rings is 3. The lowest BCUT2D eigenvalue weighted by atomic mass is 9.86. The second-order valence-corrected chi connectivity index (χ2v) is 10.7. The molecule has 4 rings (SSSR count). The molecule has 0 saturated carbocycles. The van der Waals surface area contributed by atoms with Crippen molar-refractivity contribution in [1.82, 2.24) is 20.6 Å². The number of H-pyrrole nitrogens is 1. The molecule has 0 spiro atoms. The smallest absolute Gasteiger partial charge is 0.416 e. The lowest BCUT2D eigenvalue weighted by Gasteiger charge is -2.28. The van der Waals surface area contributed by atoms with Gasteiger partial charge in [-0.1, -0.05) is 50.1 Å². The highest BCUT2D eigenvalue weighted by Crippen LogP contribution is 2.38. The van der Waals surface area contributed by atoms with Gasteiger partial charge in [0, 0.05) is 5.56 Å². The van der Waals surface area contributed by atoms with Crippen molar-refractivity contribution >= 4 is 11.9 Å². The number of carbonyl (C=O) groups excluding carboxylic acids is 1. The summed E-state index contributed by atoms with van der Waals surface area (Å²) in [4.78, 5) is 12.5. The number of tetrazole rings is 1. The minimum Gasteiger partial charge on any atom is -0.486 e. The first-order valence-electron chi connectivity index (χ1n) is 12.4. The number of nitrogens with zero attached hydrogens (tertiary/aromatic N) is 3. The summed E-state index contributed by atoms with van der Waals surface area (Å²) in [5, 5.41) is 15.7. The van der Waals surface area contributed by atoms with Gasteiger partial charge in [0.15, 0.2) is 0 Å². The van der Waals surface area contributed by atoms with E-state index in [0.29, 0.717) is 23.3 Å². The van der Waals surface area contributed by atoms with Crippen molar-refractivity contribution in [3.05, 3.63) is 88.5 Å². The standard InChI is InChI=1S/C29H30F3N5O2/c1-17-14-23(15-18(2)25(17)20-10-12-22(13-11-20)29(30,31)32)39-24(16-28(3,4)5)19-6-8-21(9-7-19)26(38)33-27-34-36-37-35-27/h6-15,24H,16H2,1-5H3,(H2,33,34,35,36,37,38). The largest absolute Gasteiger partial charge is 0.486 e. The predicted molar refractivity (Wildman–Crippen MR) is 142 cm³/mol. The highest BCUT2D eigenvalue weighted by atomic mass is 19.4. The van der Waals surface area contributed by atoms with Gasteiger partial charge >= 0.3 is 6.18 Å². The molecular weight excluding hydrogens is 507 g/mol. The molecule has 1 atom stereocenters. The molecule has 1 aromatic heterocycles. The zero-order valence-corrected chi connectivity index (χ0v) is 22.3. The SMILES string of the molecule is Cc1cc(OC(CC(C)(C)C)c2ccc(C(=O)Nc3nn[nH]n3)cc2)cc(C)c1-c1ccc(C(F)(F)F)cc1. The molecule has 0 fully saturated rings. The van der Waals surface area contributed by atoms with Crippen LogP contribution in [-0.2, 0) is 6.18 Å². The van der Waals surface area contributed by atoms with E-state index in [0.717, 1.165) is 34.4 Å². The van der Waals surface area contributed by atoms with Crippen LogP contribution in [-0.4, -0.2) is 26.5 Å². The van der Waals surface area contributed by atoms with Crippen LogP contribution in [0.25, 0.3) is 11.1 Å². The number of ether oxygens (including phenoxy) is 1. The van der Waals surface area contributed by atoms with E-state index in [-0.39, 0.29) is 23.4 Å². The second kappa shape index (κ2) is 10.9. The monoisotopic (exact) mass is 537 g/mol. The Morgan fingerprint density at radius 1 is 0.974 bits per heavy atom. The quantitative estimate of drug-likeness (QED) is 0.258. The van der Waals surface area contributed by atoms with E-state index in [1.807, 2.05) is 38.1 Å². The van der Waals surface area contributed by atoms with Crippen LogP contribution in [0.5, 0.6) is 5.75 Å². The molecular formula is C29H30F3N5O2. The van der Waals surface area contributed by atoms with Crippen LogP contribution in [0, 0.1) is 19.3 Å². The van der Waals surface area contributed by atoms with Gasteiger partial charge in [-0.05, 0) is 95.1 Å². The van der Waals surface area contributed by atoms with E-state index in [1.54, 1.807) is 12.1 Å². The molecule has 1 unspecified atom stereocenters. The summed E-state index contributed by atoms with van der Waals surface area (Å²) in [6.45, 7) is 10.2. The van der Waals surface area contributed by atoms with Gasteiger partial charge in [0.1, 0.15) is 11.9 Å². The van der Waals surface area contributed by atoms with Crippen molar-refractivity contribution in [1.29, 1.82) is 0 Å². The molecule has 3 aromatic carbocycles. The van der Waals surface area contributed by atoms with Crippen molar-refractivity contribution < 1.29 is 22.7 Å². The Labute approximate surface area is 224 Å². The molecule has 1 heterocycles. The fourth-order valence-electron chi connectivity index (χ4n) is 4.46. The Balaban J connectivity index is 1.57. The first kappa shape index (κ1) is 27.8. The molecule has 7 nitrogen and oxygen atoms in total. The fourth-order valence-corrected chi connectivity index (χ4v) is 4.46.